The summed E-state index contributed by atoms with van der Waals surface area (Å²) in [5, 5.41) is 42.9. The molecule has 8 heteroatoms. The van der Waals surface area contributed by atoms with Crippen LogP contribution in [-0.4, -0.2) is 57.6 Å². The summed E-state index contributed by atoms with van der Waals surface area (Å²) in [6.45, 7) is -0.713. The van der Waals surface area contributed by atoms with E-state index in [1.165, 1.54) is 10.1 Å². The van der Waals surface area contributed by atoms with Crippen LogP contribution in [0.25, 0.3) is 10.1 Å². The quantitative estimate of drug-likeness (QED) is 0.488. The maximum Gasteiger partial charge on any atom is 0.225 e. The third kappa shape index (κ3) is 2.93. The van der Waals surface area contributed by atoms with Gasteiger partial charge in [0.1, 0.15) is 23.9 Å². The Hall–Kier alpha value is -1.55. The number of rotatable bonds is 4. The molecule has 1 aromatic heterocycles. The zero-order chi connectivity index (χ0) is 21.1. The van der Waals surface area contributed by atoms with E-state index in [4.69, 9.17) is 21.1 Å². The van der Waals surface area contributed by atoms with Crippen LogP contribution >= 0.6 is 22.9 Å². The number of ether oxygens (including phenoxy) is 2. The van der Waals surface area contributed by atoms with Gasteiger partial charge in [0.25, 0.3) is 0 Å². The zero-order valence-electron chi connectivity index (χ0n) is 15.9. The van der Waals surface area contributed by atoms with Gasteiger partial charge < -0.3 is 29.9 Å². The van der Waals surface area contributed by atoms with E-state index in [2.05, 4.69) is 18.2 Å². The second kappa shape index (κ2) is 7.25. The third-order valence-corrected chi connectivity index (χ3v) is 7.50. The molecule has 0 unspecified atom stereocenters. The predicted octanol–water partition coefficient (Wildman–Crippen LogP) is 2.17. The number of benzene rings is 2. The van der Waals surface area contributed by atoms with E-state index in [0.29, 0.717) is 17.0 Å². The van der Waals surface area contributed by atoms with Crippen LogP contribution in [0.3, 0.4) is 0 Å². The van der Waals surface area contributed by atoms with Crippen LogP contribution in [0.4, 0.5) is 0 Å². The summed E-state index contributed by atoms with van der Waals surface area (Å²) in [6, 6.07) is 15.4. The number of fused-ring (bicyclic) bond motifs is 3. The lowest BCUT2D eigenvalue weighted by Gasteiger charge is -2.46. The number of aliphatic hydroxyl groups is 4. The molecule has 2 saturated heterocycles. The summed E-state index contributed by atoms with van der Waals surface area (Å²) in [5.74, 6) is -1.69. The Morgan fingerprint density at radius 1 is 1.07 bits per heavy atom. The maximum absolute atomic E-state index is 10.7. The highest BCUT2D eigenvalue weighted by Gasteiger charge is 2.67. The van der Waals surface area contributed by atoms with Crippen molar-refractivity contribution in [2.24, 2.45) is 0 Å². The topological polar surface area (TPSA) is 99.4 Å². The number of hydrogen-bond acceptors (Lipinski definition) is 7. The lowest BCUT2D eigenvalue weighted by Crippen LogP contribution is -2.65. The first-order valence-corrected chi connectivity index (χ1v) is 10.8. The molecule has 158 valence electrons. The molecule has 3 aromatic rings. The van der Waals surface area contributed by atoms with Gasteiger partial charge in [0.2, 0.25) is 5.79 Å². The largest absolute Gasteiger partial charge is 0.393 e. The molecule has 0 saturated carbocycles. The molecule has 2 bridgehead atoms. The second-order valence-corrected chi connectivity index (χ2v) is 9.47. The first-order chi connectivity index (χ1) is 14.4. The fraction of sp³-hybridized carbons (Fsp3) is 0.364. The summed E-state index contributed by atoms with van der Waals surface area (Å²) >= 11 is 8.14. The number of thiophene rings is 1. The Kier molecular flexibility index (Phi) is 4.92. The number of hydrogen-bond donors (Lipinski definition) is 4. The van der Waals surface area contributed by atoms with Crippen molar-refractivity contribution < 1.29 is 29.9 Å². The standard InChI is InChI=1S/C22H21ClO6S/c23-16-6-5-14(7-13(16)9-15-8-12-3-1-2-4-17(12)30-15)22-20(27)18(25)19(26)21(10-24,29-22)11-28-22/h1-8,18-20,24-27H,9-11H2/t18-,19-,20+,21-,22-/m0/s1. The zero-order valence-corrected chi connectivity index (χ0v) is 17.4. The van der Waals surface area contributed by atoms with E-state index < -0.39 is 36.3 Å². The van der Waals surface area contributed by atoms with Crippen LogP contribution in [-0.2, 0) is 21.7 Å². The van der Waals surface area contributed by atoms with Crippen molar-refractivity contribution in [2.45, 2.75) is 36.1 Å². The van der Waals surface area contributed by atoms with Crippen LogP contribution < -0.4 is 0 Å². The maximum atomic E-state index is 10.7. The SMILES string of the molecule is OC[C@@]12CO[C@@](c3ccc(Cl)c(Cc4cc5ccccc5s4)c3)(O1)[C@H](O)[C@@H](O)[C@@H]2O. The summed E-state index contributed by atoms with van der Waals surface area (Å²) in [7, 11) is 0. The van der Waals surface area contributed by atoms with Gasteiger partial charge in [-0.05, 0) is 35.2 Å². The lowest BCUT2D eigenvalue weighted by atomic mass is 9.83. The van der Waals surface area contributed by atoms with Crippen molar-refractivity contribution in [3.05, 3.63) is 69.6 Å². The fourth-order valence-corrected chi connectivity index (χ4v) is 5.59. The van der Waals surface area contributed by atoms with Gasteiger partial charge in [0.05, 0.1) is 13.2 Å². The van der Waals surface area contributed by atoms with Crippen LogP contribution in [0.15, 0.2) is 48.5 Å². The average Bonchev–Trinajstić information content (AvgIpc) is 3.34. The lowest BCUT2D eigenvalue weighted by molar-refractivity contribution is -0.329. The van der Waals surface area contributed by atoms with Gasteiger partial charge in [-0.15, -0.1) is 11.3 Å². The Morgan fingerprint density at radius 3 is 2.63 bits per heavy atom. The molecule has 3 heterocycles. The average molecular weight is 449 g/mol. The molecule has 0 amide bonds. The molecule has 0 aliphatic carbocycles. The van der Waals surface area contributed by atoms with Gasteiger partial charge in [0, 0.05) is 26.6 Å². The first kappa shape index (κ1) is 20.4. The van der Waals surface area contributed by atoms with Crippen LogP contribution in [0.1, 0.15) is 16.0 Å². The van der Waals surface area contributed by atoms with E-state index in [1.807, 2.05) is 12.1 Å². The van der Waals surface area contributed by atoms with Crippen molar-refractivity contribution in [3.63, 3.8) is 0 Å². The molecular formula is C22H21ClO6S. The highest BCUT2D eigenvalue weighted by Crippen LogP contribution is 2.49. The minimum Gasteiger partial charge on any atom is -0.393 e. The molecule has 5 atom stereocenters. The second-order valence-electron chi connectivity index (χ2n) is 7.89. The Labute approximate surface area is 181 Å². The van der Waals surface area contributed by atoms with Crippen molar-refractivity contribution in [2.75, 3.05) is 13.2 Å². The summed E-state index contributed by atoms with van der Waals surface area (Å²) in [5.41, 5.74) is -0.211. The molecule has 2 aliphatic rings. The molecular weight excluding hydrogens is 428 g/mol. The molecule has 5 rings (SSSR count). The highest BCUT2D eigenvalue weighted by atomic mass is 35.5. The summed E-state index contributed by atoms with van der Waals surface area (Å²) in [4.78, 5) is 1.13. The monoisotopic (exact) mass is 448 g/mol. The highest BCUT2D eigenvalue weighted by molar-refractivity contribution is 7.19. The van der Waals surface area contributed by atoms with Gasteiger partial charge in [0.15, 0.2) is 0 Å². The molecule has 2 aromatic carbocycles. The van der Waals surface area contributed by atoms with E-state index in [9.17, 15) is 20.4 Å². The molecule has 6 nitrogen and oxygen atoms in total. The minimum atomic E-state index is -1.69. The van der Waals surface area contributed by atoms with E-state index >= 15 is 0 Å². The predicted molar refractivity (Wildman–Crippen MR) is 113 cm³/mol. The normalized spacial score (nSPS) is 33.3. The Balaban J connectivity index is 1.53. The van der Waals surface area contributed by atoms with Crippen LogP contribution in [0.5, 0.6) is 0 Å². The summed E-state index contributed by atoms with van der Waals surface area (Å²) < 4.78 is 12.9. The van der Waals surface area contributed by atoms with Crippen LogP contribution in [0.2, 0.25) is 5.02 Å². The Morgan fingerprint density at radius 2 is 1.87 bits per heavy atom. The van der Waals surface area contributed by atoms with Gasteiger partial charge in [-0.1, -0.05) is 35.9 Å². The van der Waals surface area contributed by atoms with Gasteiger partial charge in [-0.2, -0.15) is 0 Å². The number of halogens is 1. The van der Waals surface area contributed by atoms with Crippen molar-refractivity contribution in [1.29, 1.82) is 0 Å². The van der Waals surface area contributed by atoms with Gasteiger partial charge >= 0.3 is 0 Å². The van der Waals surface area contributed by atoms with E-state index in [1.54, 1.807) is 29.5 Å². The van der Waals surface area contributed by atoms with Crippen molar-refractivity contribution in [3.8, 4) is 0 Å². The Bertz CT molecular complexity index is 1070. The number of aliphatic hydroxyl groups excluding tert-OH is 4. The third-order valence-electron chi connectivity index (χ3n) is 6.02. The van der Waals surface area contributed by atoms with Gasteiger partial charge in [-0.3, -0.25) is 0 Å². The van der Waals surface area contributed by atoms with E-state index in [0.717, 1.165) is 10.4 Å². The van der Waals surface area contributed by atoms with Gasteiger partial charge in [-0.25, -0.2) is 0 Å². The fourth-order valence-electron chi connectivity index (χ4n) is 4.31. The molecule has 0 spiro atoms. The smallest absolute Gasteiger partial charge is 0.225 e. The molecule has 0 radical (unpaired) electrons. The molecule has 2 aliphatic heterocycles. The minimum absolute atomic E-state index is 0.160. The summed E-state index contributed by atoms with van der Waals surface area (Å²) in [6.07, 6.45) is -3.96. The molecule has 30 heavy (non-hydrogen) atoms. The van der Waals surface area contributed by atoms with E-state index in [-0.39, 0.29) is 6.61 Å². The first-order valence-electron chi connectivity index (χ1n) is 9.64. The van der Waals surface area contributed by atoms with Crippen LogP contribution in [0, 0.1) is 0 Å². The van der Waals surface area contributed by atoms with Crippen molar-refractivity contribution in [1.82, 2.24) is 0 Å². The van der Waals surface area contributed by atoms with Crippen molar-refractivity contribution >= 4 is 33.0 Å². The molecule has 2 fully saturated rings. The molecule has 4 N–H and O–H groups in total.